The van der Waals surface area contributed by atoms with Crippen molar-refractivity contribution < 1.29 is 4.79 Å². The van der Waals surface area contributed by atoms with Gasteiger partial charge in [0.25, 0.3) is 0 Å². The zero-order valence-corrected chi connectivity index (χ0v) is 9.21. The number of H-pyrrole nitrogens is 1. The highest BCUT2D eigenvalue weighted by molar-refractivity contribution is 6.35. The summed E-state index contributed by atoms with van der Waals surface area (Å²) in [5.41, 5.74) is 0.693. The Morgan fingerprint density at radius 1 is 1.56 bits per heavy atom. The van der Waals surface area contributed by atoms with Crippen LogP contribution in [0, 0.1) is 5.92 Å². The molecule has 3 rings (SSSR count). The summed E-state index contributed by atoms with van der Waals surface area (Å²) in [6.07, 6.45) is 3.73. The zero-order valence-electron chi connectivity index (χ0n) is 8.46. The number of fused-ring (bicyclic) bond motifs is 1. The topological polar surface area (TPSA) is 57.8 Å². The summed E-state index contributed by atoms with van der Waals surface area (Å²) >= 11 is 6.07. The van der Waals surface area contributed by atoms with Gasteiger partial charge in [0.1, 0.15) is 11.5 Å². The molecular formula is C11H10ClN3O. The number of hydrogen-bond donors (Lipinski definition) is 2. The van der Waals surface area contributed by atoms with E-state index in [1.165, 1.54) is 0 Å². The molecule has 0 aliphatic heterocycles. The van der Waals surface area contributed by atoms with E-state index in [-0.39, 0.29) is 11.8 Å². The normalized spacial score (nSPS) is 15.3. The molecule has 0 unspecified atom stereocenters. The fraction of sp³-hybridized carbons (Fsp3) is 0.273. The number of carbonyl (C=O) groups excluding carboxylic acids is 1. The number of aromatic amines is 1. The Labute approximate surface area is 97.0 Å². The Balaban J connectivity index is 1.94. The van der Waals surface area contributed by atoms with Crippen LogP contribution in [0.5, 0.6) is 0 Å². The van der Waals surface area contributed by atoms with Gasteiger partial charge in [-0.3, -0.25) is 4.79 Å². The van der Waals surface area contributed by atoms with Gasteiger partial charge in [0.2, 0.25) is 5.91 Å². The van der Waals surface area contributed by atoms with Crippen molar-refractivity contribution in [3.63, 3.8) is 0 Å². The average molecular weight is 236 g/mol. The van der Waals surface area contributed by atoms with Crippen molar-refractivity contribution in [1.29, 1.82) is 0 Å². The van der Waals surface area contributed by atoms with Gasteiger partial charge < -0.3 is 10.3 Å². The van der Waals surface area contributed by atoms with Crippen LogP contribution in [0.1, 0.15) is 12.8 Å². The molecule has 1 aliphatic carbocycles. The summed E-state index contributed by atoms with van der Waals surface area (Å²) in [5.74, 6) is 0.714. The van der Waals surface area contributed by atoms with E-state index >= 15 is 0 Å². The van der Waals surface area contributed by atoms with Gasteiger partial charge in [-0.2, -0.15) is 0 Å². The van der Waals surface area contributed by atoms with E-state index in [4.69, 9.17) is 11.6 Å². The van der Waals surface area contributed by atoms with Crippen LogP contribution in [0.2, 0.25) is 5.02 Å². The van der Waals surface area contributed by atoms with Gasteiger partial charge in [0, 0.05) is 23.6 Å². The lowest BCUT2D eigenvalue weighted by molar-refractivity contribution is -0.117. The first-order valence-electron chi connectivity index (χ1n) is 5.18. The molecule has 5 heteroatoms. The Bertz CT molecular complexity index is 559. The summed E-state index contributed by atoms with van der Waals surface area (Å²) in [5, 5.41) is 4.23. The van der Waals surface area contributed by atoms with Gasteiger partial charge in [-0.05, 0) is 18.9 Å². The second-order valence-electron chi connectivity index (χ2n) is 3.99. The minimum Gasteiger partial charge on any atom is -0.346 e. The van der Waals surface area contributed by atoms with Crippen molar-refractivity contribution >= 4 is 34.4 Å². The molecule has 0 aromatic carbocycles. The van der Waals surface area contributed by atoms with Gasteiger partial charge in [-0.25, -0.2) is 4.98 Å². The van der Waals surface area contributed by atoms with Crippen LogP contribution in [0.3, 0.4) is 0 Å². The molecule has 2 aromatic rings. The monoisotopic (exact) mass is 235 g/mol. The Morgan fingerprint density at radius 2 is 2.38 bits per heavy atom. The maximum absolute atomic E-state index is 11.6. The second-order valence-corrected chi connectivity index (χ2v) is 4.40. The highest BCUT2D eigenvalue weighted by Gasteiger charge is 2.29. The smallest absolute Gasteiger partial charge is 0.228 e. The molecule has 0 saturated heterocycles. The number of amides is 1. The Hall–Kier alpha value is -1.55. The van der Waals surface area contributed by atoms with E-state index in [0.29, 0.717) is 16.5 Å². The molecule has 1 saturated carbocycles. The molecule has 16 heavy (non-hydrogen) atoms. The van der Waals surface area contributed by atoms with Crippen LogP contribution in [-0.4, -0.2) is 15.9 Å². The fourth-order valence-corrected chi connectivity index (χ4v) is 1.89. The number of carbonyl (C=O) groups is 1. The van der Waals surface area contributed by atoms with E-state index in [1.54, 1.807) is 12.3 Å². The minimum atomic E-state index is 0.0365. The summed E-state index contributed by atoms with van der Waals surface area (Å²) in [6.45, 7) is 0. The van der Waals surface area contributed by atoms with Crippen LogP contribution in [-0.2, 0) is 4.79 Å². The van der Waals surface area contributed by atoms with Crippen LogP contribution >= 0.6 is 11.6 Å². The lowest BCUT2D eigenvalue weighted by Gasteiger charge is -2.04. The second kappa shape index (κ2) is 3.49. The van der Waals surface area contributed by atoms with Crippen LogP contribution in [0.25, 0.3) is 11.0 Å². The highest BCUT2D eigenvalue weighted by atomic mass is 35.5. The fourth-order valence-electron chi connectivity index (χ4n) is 1.63. The van der Waals surface area contributed by atoms with Crippen molar-refractivity contribution in [2.45, 2.75) is 12.8 Å². The van der Waals surface area contributed by atoms with Crippen LogP contribution in [0.4, 0.5) is 5.82 Å². The number of halogens is 1. The molecule has 0 spiro atoms. The molecule has 2 aromatic heterocycles. The Morgan fingerprint density at radius 3 is 3.12 bits per heavy atom. The van der Waals surface area contributed by atoms with E-state index in [2.05, 4.69) is 15.3 Å². The Kier molecular flexibility index (Phi) is 2.11. The predicted octanol–water partition coefficient (Wildman–Crippen LogP) is 2.56. The first-order valence-corrected chi connectivity index (χ1v) is 5.56. The van der Waals surface area contributed by atoms with Crippen molar-refractivity contribution in [3.8, 4) is 0 Å². The van der Waals surface area contributed by atoms with Gasteiger partial charge in [0.15, 0.2) is 0 Å². The standard InChI is InChI=1S/C11H10ClN3O/c12-8-5-9(15-11(16)6-1-2-6)14-10-7(8)3-4-13-10/h3-6H,1-2H2,(H2,13,14,15,16). The molecule has 1 aliphatic rings. The number of aromatic nitrogens is 2. The molecule has 0 bridgehead atoms. The molecule has 2 N–H and O–H groups in total. The molecule has 0 atom stereocenters. The maximum Gasteiger partial charge on any atom is 0.228 e. The van der Waals surface area contributed by atoms with Gasteiger partial charge in [0.05, 0.1) is 5.02 Å². The van der Waals surface area contributed by atoms with E-state index in [0.717, 1.165) is 18.2 Å². The number of nitrogens with one attached hydrogen (secondary N) is 2. The highest BCUT2D eigenvalue weighted by Crippen LogP contribution is 2.31. The third-order valence-electron chi connectivity index (χ3n) is 2.68. The lowest BCUT2D eigenvalue weighted by atomic mass is 10.3. The molecule has 1 amide bonds. The van der Waals surface area contributed by atoms with Crippen LogP contribution in [0.15, 0.2) is 18.3 Å². The van der Waals surface area contributed by atoms with E-state index < -0.39 is 0 Å². The molecule has 1 fully saturated rings. The quantitative estimate of drug-likeness (QED) is 0.841. The molecule has 2 heterocycles. The van der Waals surface area contributed by atoms with Gasteiger partial charge in [-0.1, -0.05) is 11.6 Å². The largest absolute Gasteiger partial charge is 0.346 e. The molecule has 4 nitrogen and oxygen atoms in total. The maximum atomic E-state index is 11.6. The summed E-state index contributed by atoms with van der Waals surface area (Å²) in [6, 6.07) is 3.54. The predicted molar refractivity (Wildman–Crippen MR) is 62.5 cm³/mol. The first kappa shape index (κ1) is 9.66. The number of hydrogen-bond acceptors (Lipinski definition) is 2. The molecule has 0 radical (unpaired) electrons. The number of rotatable bonds is 2. The zero-order chi connectivity index (χ0) is 11.1. The summed E-state index contributed by atoms with van der Waals surface area (Å²) < 4.78 is 0. The molecule has 82 valence electrons. The third kappa shape index (κ3) is 1.65. The number of pyridine rings is 1. The number of nitrogens with zero attached hydrogens (tertiary/aromatic N) is 1. The molecular weight excluding hydrogens is 226 g/mol. The van der Waals surface area contributed by atoms with Crippen molar-refractivity contribution in [3.05, 3.63) is 23.4 Å². The van der Waals surface area contributed by atoms with E-state index in [9.17, 15) is 4.79 Å². The first-order chi connectivity index (χ1) is 7.74. The van der Waals surface area contributed by atoms with Crippen molar-refractivity contribution in [2.24, 2.45) is 5.92 Å². The summed E-state index contributed by atoms with van der Waals surface area (Å²) in [7, 11) is 0. The van der Waals surface area contributed by atoms with Crippen molar-refractivity contribution in [2.75, 3.05) is 5.32 Å². The van der Waals surface area contributed by atoms with E-state index in [1.807, 2.05) is 6.07 Å². The summed E-state index contributed by atoms with van der Waals surface area (Å²) in [4.78, 5) is 18.8. The van der Waals surface area contributed by atoms with Crippen molar-refractivity contribution in [1.82, 2.24) is 9.97 Å². The SMILES string of the molecule is O=C(Nc1cc(Cl)c2cc[nH]c2n1)C1CC1. The van der Waals surface area contributed by atoms with Gasteiger partial charge in [-0.15, -0.1) is 0 Å². The average Bonchev–Trinajstić information content (AvgIpc) is 2.98. The third-order valence-corrected chi connectivity index (χ3v) is 2.99. The lowest BCUT2D eigenvalue weighted by Crippen LogP contribution is -2.14. The number of anilines is 1. The van der Waals surface area contributed by atoms with Crippen LogP contribution < -0.4 is 5.32 Å². The minimum absolute atomic E-state index is 0.0365. The van der Waals surface area contributed by atoms with Gasteiger partial charge >= 0.3 is 0 Å².